The van der Waals surface area contributed by atoms with Crippen LogP contribution >= 0.6 is 11.8 Å². The number of nitrogens with one attached hydrogen (secondary N) is 2. The van der Waals surface area contributed by atoms with Gasteiger partial charge in [-0.1, -0.05) is 11.8 Å². The van der Waals surface area contributed by atoms with Gasteiger partial charge in [0, 0.05) is 6.07 Å². The first-order chi connectivity index (χ1) is 9.39. The number of rotatable bonds is 4. The van der Waals surface area contributed by atoms with Crippen LogP contribution in [0.15, 0.2) is 23.2 Å². The SMILES string of the molecule is COc1ccc(NS(C)(=O)=O)c(N=C(NC#N)SC)c1. The van der Waals surface area contributed by atoms with Crippen molar-refractivity contribution in [2.75, 3.05) is 24.3 Å². The lowest BCUT2D eigenvalue weighted by Crippen LogP contribution is -2.13. The van der Waals surface area contributed by atoms with Gasteiger partial charge in [-0.3, -0.25) is 10.0 Å². The zero-order valence-electron chi connectivity index (χ0n) is 11.2. The number of sulfonamides is 1. The average Bonchev–Trinajstić information content (AvgIpc) is 2.38. The lowest BCUT2D eigenvalue weighted by molar-refractivity contribution is 0.415. The number of methoxy groups -OCH3 is 1. The lowest BCUT2D eigenvalue weighted by atomic mass is 10.2. The third-order valence-corrected chi connectivity index (χ3v) is 3.25. The van der Waals surface area contributed by atoms with Gasteiger partial charge in [-0.15, -0.1) is 0 Å². The van der Waals surface area contributed by atoms with Crippen molar-refractivity contribution in [3.05, 3.63) is 18.2 Å². The van der Waals surface area contributed by atoms with Crippen LogP contribution in [-0.4, -0.2) is 33.2 Å². The number of aliphatic imine (C=N–C) groups is 1. The van der Waals surface area contributed by atoms with Crippen LogP contribution < -0.4 is 14.8 Å². The molecule has 0 aliphatic rings. The highest BCUT2D eigenvalue weighted by Crippen LogP contribution is 2.31. The van der Waals surface area contributed by atoms with Gasteiger partial charge in [0.05, 0.1) is 24.7 Å². The van der Waals surface area contributed by atoms with E-state index in [2.05, 4.69) is 15.0 Å². The molecular formula is C11H14N4O3S2. The highest BCUT2D eigenvalue weighted by Gasteiger charge is 2.09. The molecule has 1 rings (SSSR count). The fourth-order valence-electron chi connectivity index (χ4n) is 1.30. The summed E-state index contributed by atoms with van der Waals surface area (Å²) < 4.78 is 30.1. The summed E-state index contributed by atoms with van der Waals surface area (Å²) in [6, 6.07) is 4.73. The topological polar surface area (TPSA) is 104 Å². The van der Waals surface area contributed by atoms with Crippen molar-refractivity contribution in [1.29, 1.82) is 5.26 Å². The molecule has 0 amide bonds. The van der Waals surface area contributed by atoms with E-state index in [1.54, 1.807) is 30.6 Å². The zero-order valence-corrected chi connectivity index (χ0v) is 12.8. The van der Waals surface area contributed by atoms with Crippen molar-refractivity contribution in [2.24, 2.45) is 4.99 Å². The maximum Gasteiger partial charge on any atom is 0.229 e. The Labute approximate surface area is 122 Å². The molecule has 0 spiro atoms. The van der Waals surface area contributed by atoms with Gasteiger partial charge in [0.1, 0.15) is 5.75 Å². The molecular weight excluding hydrogens is 300 g/mol. The molecule has 7 nitrogen and oxygen atoms in total. The molecule has 0 atom stereocenters. The summed E-state index contributed by atoms with van der Waals surface area (Å²) in [6.07, 6.45) is 4.56. The Balaban J connectivity index is 3.29. The van der Waals surface area contributed by atoms with Gasteiger partial charge < -0.3 is 4.74 Å². The van der Waals surface area contributed by atoms with E-state index in [9.17, 15) is 8.42 Å². The van der Waals surface area contributed by atoms with Gasteiger partial charge in [-0.25, -0.2) is 13.4 Å². The minimum absolute atomic E-state index is 0.305. The third kappa shape index (κ3) is 4.99. The monoisotopic (exact) mass is 314 g/mol. The van der Waals surface area contributed by atoms with Crippen LogP contribution in [0, 0.1) is 11.5 Å². The predicted octanol–water partition coefficient (Wildman–Crippen LogP) is 1.49. The molecule has 0 aromatic heterocycles. The minimum atomic E-state index is -3.43. The molecule has 0 unspecified atom stereocenters. The number of amidine groups is 1. The van der Waals surface area contributed by atoms with E-state index in [1.807, 2.05) is 0 Å². The molecule has 1 aromatic carbocycles. The Morgan fingerprint density at radius 1 is 1.50 bits per heavy atom. The predicted molar refractivity (Wildman–Crippen MR) is 80.8 cm³/mol. The van der Waals surface area contributed by atoms with Crippen LogP contribution in [0.25, 0.3) is 0 Å². The van der Waals surface area contributed by atoms with Crippen LogP contribution in [0.1, 0.15) is 0 Å². The Bertz CT molecular complexity index is 650. The Hall–Kier alpha value is -1.92. The van der Waals surface area contributed by atoms with E-state index in [1.165, 1.54) is 18.9 Å². The van der Waals surface area contributed by atoms with Crippen LogP contribution in [0.4, 0.5) is 11.4 Å². The van der Waals surface area contributed by atoms with Crippen molar-refractivity contribution in [3.63, 3.8) is 0 Å². The zero-order chi connectivity index (χ0) is 15.2. The number of hydrogen-bond acceptors (Lipinski definition) is 6. The van der Waals surface area contributed by atoms with Crippen molar-refractivity contribution in [3.8, 4) is 11.9 Å². The molecule has 0 heterocycles. The molecule has 0 aliphatic heterocycles. The van der Waals surface area contributed by atoms with Gasteiger partial charge in [0.15, 0.2) is 11.4 Å². The molecule has 0 fully saturated rings. The van der Waals surface area contributed by atoms with E-state index >= 15 is 0 Å². The standard InChI is InChI=1S/C11H14N4O3S2/c1-18-8-4-5-9(15-20(3,16)17)10(6-8)14-11(19-2)13-7-12/h4-6,15H,1-3H3,(H,13,14). The van der Waals surface area contributed by atoms with Crippen molar-refractivity contribution in [1.82, 2.24) is 5.32 Å². The summed E-state index contributed by atoms with van der Waals surface area (Å²) in [6.45, 7) is 0. The largest absolute Gasteiger partial charge is 0.497 e. The maximum absolute atomic E-state index is 11.3. The molecule has 0 aliphatic carbocycles. The normalized spacial score (nSPS) is 11.6. The summed E-state index contributed by atoms with van der Waals surface area (Å²) in [5, 5.41) is 11.4. The second-order valence-corrected chi connectivity index (χ2v) is 6.16. The molecule has 108 valence electrons. The first-order valence-corrected chi connectivity index (χ1v) is 8.45. The van der Waals surface area contributed by atoms with Crippen molar-refractivity contribution >= 4 is 38.3 Å². The number of ether oxygens (including phenoxy) is 1. The minimum Gasteiger partial charge on any atom is -0.497 e. The van der Waals surface area contributed by atoms with Gasteiger partial charge >= 0.3 is 0 Å². The Kier molecular flexibility index (Phi) is 5.66. The molecule has 0 saturated carbocycles. The van der Waals surface area contributed by atoms with Crippen LogP contribution in [0.3, 0.4) is 0 Å². The molecule has 2 N–H and O–H groups in total. The van der Waals surface area contributed by atoms with Crippen LogP contribution in [-0.2, 0) is 10.0 Å². The molecule has 0 radical (unpaired) electrons. The first-order valence-electron chi connectivity index (χ1n) is 5.33. The fraction of sp³-hybridized carbons (Fsp3) is 0.273. The highest BCUT2D eigenvalue weighted by molar-refractivity contribution is 8.13. The van der Waals surface area contributed by atoms with Gasteiger partial charge in [0.25, 0.3) is 0 Å². The van der Waals surface area contributed by atoms with E-state index < -0.39 is 10.0 Å². The smallest absolute Gasteiger partial charge is 0.229 e. The number of nitrogens with zero attached hydrogens (tertiary/aromatic N) is 2. The number of thioether (sulfide) groups is 1. The second-order valence-electron chi connectivity index (χ2n) is 3.62. The molecule has 20 heavy (non-hydrogen) atoms. The average molecular weight is 314 g/mol. The molecule has 0 saturated heterocycles. The van der Waals surface area contributed by atoms with Crippen LogP contribution in [0.5, 0.6) is 5.75 Å². The Morgan fingerprint density at radius 2 is 2.20 bits per heavy atom. The maximum atomic E-state index is 11.3. The quantitative estimate of drug-likeness (QED) is 0.378. The van der Waals surface area contributed by atoms with E-state index in [0.717, 1.165) is 6.26 Å². The summed E-state index contributed by atoms with van der Waals surface area (Å²) in [5.41, 5.74) is 0.654. The van der Waals surface area contributed by atoms with E-state index in [0.29, 0.717) is 22.3 Å². The number of hydrogen-bond donors (Lipinski definition) is 2. The summed E-state index contributed by atoms with van der Waals surface area (Å²) in [4.78, 5) is 4.20. The summed E-state index contributed by atoms with van der Waals surface area (Å²) >= 11 is 1.23. The van der Waals surface area contributed by atoms with Crippen molar-refractivity contribution in [2.45, 2.75) is 0 Å². The third-order valence-electron chi connectivity index (χ3n) is 2.08. The van der Waals surface area contributed by atoms with E-state index in [4.69, 9.17) is 10.00 Å². The Morgan fingerprint density at radius 3 is 2.70 bits per heavy atom. The van der Waals surface area contributed by atoms with Crippen molar-refractivity contribution < 1.29 is 13.2 Å². The van der Waals surface area contributed by atoms with Crippen LogP contribution in [0.2, 0.25) is 0 Å². The number of anilines is 1. The van der Waals surface area contributed by atoms with Gasteiger partial charge in [-0.2, -0.15) is 5.26 Å². The molecule has 0 bridgehead atoms. The number of benzene rings is 1. The second kappa shape index (κ2) is 7.02. The van der Waals surface area contributed by atoms with Gasteiger partial charge in [0.2, 0.25) is 10.0 Å². The fourth-order valence-corrected chi connectivity index (χ4v) is 2.21. The highest BCUT2D eigenvalue weighted by atomic mass is 32.2. The molecule has 9 heteroatoms. The summed E-state index contributed by atoms with van der Waals surface area (Å²) in [5.74, 6) is 0.528. The van der Waals surface area contributed by atoms with Gasteiger partial charge in [-0.05, 0) is 18.4 Å². The first kappa shape index (κ1) is 16.1. The van der Waals surface area contributed by atoms with E-state index in [-0.39, 0.29) is 0 Å². The summed E-state index contributed by atoms with van der Waals surface area (Å²) in [7, 11) is -1.93. The number of nitriles is 1. The lowest BCUT2D eigenvalue weighted by Gasteiger charge is -2.10. The molecule has 1 aromatic rings.